The maximum absolute atomic E-state index is 10.3. The van der Waals surface area contributed by atoms with Gasteiger partial charge in [0, 0.05) is 0 Å². The van der Waals surface area contributed by atoms with Crippen LogP contribution in [-0.2, 0) is 0 Å². The molecule has 0 aliphatic rings. The quantitative estimate of drug-likeness (QED) is 0.147. The molecule has 0 aliphatic heterocycles. The summed E-state index contributed by atoms with van der Waals surface area (Å²) in [6, 6.07) is 0. The summed E-state index contributed by atoms with van der Waals surface area (Å²) in [7, 11) is 0. The normalized spacial score (nSPS) is 13.6. The number of unbranched alkanes of at least 4 members (excludes halogenated alkanes) is 8. The Morgan fingerprint density at radius 2 is 1.12 bits per heavy atom. The van der Waals surface area contributed by atoms with Gasteiger partial charge in [-0.05, 0) is 0 Å². The van der Waals surface area contributed by atoms with Crippen LogP contribution < -0.4 is 0 Å². The third kappa shape index (κ3) is 14.5. The molecule has 156 valence electrons. The van der Waals surface area contributed by atoms with Crippen molar-refractivity contribution in [2.75, 3.05) is 0 Å². The first-order valence-electron chi connectivity index (χ1n) is 12.0. The zero-order valence-electron chi connectivity index (χ0n) is 18.7. The molecule has 0 fully saturated rings. The Bertz CT molecular complexity index is 292. The monoisotopic (exact) mass is 474 g/mol. The number of aliphatic hydroxyl groups excluding tert-OH is 1. The van der Waals surface area contributed by atoms with Gasteiger partial charge in [-0.25, -0.2) is 0 Å². The van der Waals surface area contributed by atoms with Gasteiger partial charge in [0.25, 0.3) is 0 Å². The summed E-state index contributed by atoms with van der Waals surface area (Å²) in [5.74, 6) is 0. The molecule has 0 aromatic rings. The Kier molecular flexibility index (Phi) is 19.2. The summed E-state index contributed by atoms with van der Waals surface area (Å²) in [6.45, 7) is 9.28. The van der Waals surface area contributed by atoms with Crippen molar-refractivity contribution >= 4 is 18.4 Å². The molecule has 0 aliphatic carbocycles. The van der Waals surface area contributed by atoms with Crippen molar-refractivity contribution < 1.29 is 5.11 Å². The minimum atomic E-state index is -2.12. The van der Waals surface area contributed by atoms with Crippen molar-refractivity contribution in [2.45, 2.75) is 137 Å². The van der Waals surface area contributed by atoms with Gasteiger partial charge in [0.05, 0.1) is 0 Å². The topological polar surface area (TPSA) is 20.2 Å². The molecule has 0 heterocycles. The number of hydrogen-bond acceptors (Lipinski definition) is 1. The summed E-state index contributed by atoms with van der Waals surface area (Å²) in [5, 5.41) is 10.3. The van der Waals surface area contributed by atoms with Gasteiger partial charge in [-0.15, -0.1) is 0 Å². The molecule has 0 radical (unpaired) electrons. The molecule has 1 atom stereocenters. The van der Waals surface area contributed by atoms with Gasteiger partial charge in [0.15, 0.2) is 0 Å². The molecule has 0 aromatic carbocycles. The van der Waals surface area contributed by atoms with Crippen LogP contribution in [0.15, 0.2) is 10.2 Å². The molecule has 0 spiro atoms. The molecule has 0 saturated carbocycles. The van der Waals surface area contributed by atoms with Gasteiger partial charge in [0.2, 0.25) is 0 Å². The number of aliphatic hydroxyl groups is 1. The maximum atomic E-state index is 10.3. The zero-order chi connectivity index (χ0) is 19.5. The second-order valence-electron chi connectivity index (χ2n) is 8.52. The van der Waals surface area contributed by atoms with Crippen molar-refractivity contribution in [1.29, 1.82) is 0 Å². The Hall–Kier alpha value is 0.499. The average molecular weight is 473 g/mol. The Morgan fingerprint density at radius 3 is 1.62 bits per heavy atom. The molecule has 0 rings (SSSR count). The summed E-state index contributed by atoms with van der Waals surface area (Å²) in [6.07, 6.45) is 20.4. The summed E-state index contributed by atoms with van der Waals surface area (Å²) < 4.78 is 7.33. The van der Waals surface area contributed by atoms with Crippen LogP contribution in [0.2, 0.25) is 13.3 Å². The van der Waals surface area contributed by atoms with E-state index in [2.05, 4.69) is 37.9 Å². The average Bonchev–Trinajstić information content (AvgIpc) is 2.65. The molecule has 26 heavy (non-hydrogen) atoms. The van der Waals surface area contributed by atoms with Gasteiger partial charge in [0.1, 0.15) is 0 Å². The van der Waals surface area contributed by atoms with Crippen LogP contribution >= 0.6 is 0 Å². The second kappa shape index (κ2) is 18.8. The van der Waals surface area contributed by atoms with E-state index in [9.17, 15) is 5.11 Å². The first-order valence-corrected chi connectivity index (χ1v) is 19.7. The Morgan fingerprint density at radius 1 is 0.654 bits per heavy atom. The number of hydrogen-bond donors (Lipinski definition) is 1. The molecular formula is C24H50OSn. The van der Waals surface area contributed by atoms with E-state index >= 15 is 0 Å². The SMILES string of the molecule is CCCCCCCCC(O)C/C=[CH]\[Sn]([CH2]CCC)([CH2]CCC)[CH2]CCC. The van der Waals surface area contributed by atoms with E-state index in [0.29, 0.717) is 0 Å². The minimum absolute atomic E-state index is 0.107. The summed E-state index contributed by atoms with van der Waals surface area (Å²) in [4.78, 5) is 0. The van der Waals surface area contributed by atoms with Gasteiger partial charge in [-0.3, -0.25) is 0 Å². The summed E-state index contributed by atoms with van der Waals surface area (Å²) in [5.41, 5.74) is 0. The van der Waals surface area contributed by atoms with Gasteiger partial charge in [-0.1, -0.05) is 0 Å². The third-order valence-corrected chi connectivity index (χ3v) is 20.1. The van der Waals surface area contributed by atoms with Crippen molar-refractivity contribution in [1.82, 2.24) is 0 Å². The molecule has 1 unspecified atom stereocenters. The van der Waals surface area contributed by atoms with Crippen LogP contribution in [0.3, 0.4) is 0 Å². The van der Waals surface area contributed by atoms with Crippen LogP contribution in [0.1, 0.15) is 118 Å². The van der Waals surface area contributed by atoms with Crippen molar-refractivity contribution in [2.24, 2.45) is 0 Å². The van der Waals surface area contributed by atoms with Crippen molar-refractivity contribution in [3.8, 4) is 0 Å². The predicted molar refractivity (Wildman–Crippen MR) is 123 cm³/mol. The van der Waals surface area contributed by atoms with E-state index < -0.39 is 18.4 Å². The van der Waals surface area contributed by atoms with Gasteiger partial charge < -0.3 is 0 Å². The molecular weight excluding hydrogens is 423 g/mol. The zero-order valence-corrected chi connectivity index (χ0v) is 21.6. The second-order valence-corrected chi connectivity index (χ2v) is 21.5. The molecule has 0 amide bonds. The molecule has 2 heteroatoms. The first-order chi connectivity index (χ1) is 12.6. The fourth-order valence-corrected chi connectivity index (χ4v) is 18.4. The van der Waals surface area contributed by atoms with Crippen LogP contribution in [-0.4, -0.2) is 29.6 Å². The van der Waals surface area contributed by atoms with E-state index in [-0.39, 0.29) is 6.10 Å². The molecule has 1 nitrogen and oxygen atoms in total. The fraction of sp³-hybridized carbons (Fsp3) is 0.917. The molecule has 1 N–H and O–H groups in total. The Labute approximate surface area is 170 Å². The molecule has 0 aromatic heterocycles. The van der Waals surface area contributed by atoms with Crippen molar-refractivity contribution in [3.63, 3.8) is 0 Å². The van der Waals surface area contributed by atoms with Crippen LogP contribution in [0.25, 0.3) is 0 Å². The fourth-order valence-electron chi connectivity index (χ4n) is 3.96. The van der Waals surface area contributed by atoms with E-state index in [1.165, 1.54) is 90.4 Å². The van der Waals surface area contributed by atoms with E-state index in [1.807, 2.05) is 0 Å². The molecule has 0 saturated heterocycles. The van der Waals surface area contributed by atoms with Gasteiger partial charge in [-0.2, -0.15) is 0 Å². The third-order valence-electron chi connectivity index (χ3n) is 5.86. The van der Waals surface area contributed by atoms with Gasteiger partial charge >= 0.3 is 171 Å². The van der Waals surface area contributed by atoms with Crippen LogP contribution in [0.4, 0.5) is 0 Å². The standard InChI is InChI=1S/C12H23O.3C4H9.Sn/c1-3-5-6-7-8-9-11-12(13)10-4-2;3*1-3-4-2;/h2,4,12-13H,3,5-11H2,1H3;3*1,3-4H2,2H3;. The number of rotatable bonds is 19. The summed E-state index contributed by atoms with van der Waals surface area (Å²) >= 11 is -2.12. The van der Waals surface area contributed by atoms with Crippen LogP contribution in [0, 0.1) is 0 Å². The first kappa shape index (κ1) is 26.5. The van der Waals surface area contributed by atoms with E-state index in [1.54, 1.807) is 0 Å². The van der Waals surface area contributed by atoms with Crippen LogP contribution in [0.5, 0.6) is 0 Å². The van der Waals surface area contributed by atoms with Crippen molar-refractivity contribution in [3.05, 3.63) is 10.2 Å². The van der Waals surface area contributed by atoms with E-state index in [4.69, 9.17) is 0 Å². The Balaban J connectivity index is 4.41. The van der Waals surface area contributed by atoms with E-state index in [0.717, 1.165) is 12.8 Å². The molecule has 0 bridgehead atoms. The predicted octanol–water partition coefficient (Wildman–Crippen LogP) is 8.43.